The molecule has 0 aliphatic carbocycles. The van der Waals surface area contributed by atoms with Crippen molar-refractivity contribution in [2.75, 3.05) is 0 Å². The molecule has 0 aliphatic heterocycles. The second-order valence-electron chi connectivity index (χ2n) is 3.07. The first-order valence-corrected chi connectivity index (χ1v) is 4.88. The largest absolute Gasteiger partial charge is 0.460 e. The third-order valence-electron chi connectivity index (χ3n) is 2.12. The Morgan fingerprint density at radius 3 is 2.86 bits per heavy atom. The first kappa shape index (κ1) is 9.34. The lowest BCUT2D eigenvalue weighted by atomic mass is 10.3. The van der Waals surface area contributed by atoms with Crippen molar-refractivity contribution in [3.8, 4) is 11.5 Å². The molecule has 4 heteroatoms. The predicted octanol–water partition coefficient (Wildman–Crippen LogP) is 3.12. The minimum absolute atomic E-state index is 0.497. The second-order valence-corrected chi connectivity index (χ2v) is 3.41. The summed E-state index contributed by atoms with van der Waals surface area (Å²) < 4.78 is 7.41. The fourth-order valence-electron chi connectivity index (χ4n) is 1.42. The highest BCUT2D eigenvalue weighted by molar-refractivity contribution is 6.28. The Balaban J connectivity index is 2.51. The van der Waals surface area contributed by atoms with Gasteiger partial charge in [0.1, 0.15) is 11.5 Å². The van der Waals surface area contributed by atoms with Gasteiger partial charge in [-0.3, -0.25) is 0 Å². The van der Waals surface area contributed by atoms with Crippen LogP contribution < -0.4 is 0 Å². The summed E-state index contributed by atoms with van der Waals surface area (Å²) in [6, 6.07) is 3.85. The predicted molar refractivity (Wildman–Crippen MR) is 55.4 cm³/mol. The van der Waals surface area contributed by atoms with Crippen molar-refractivity contribution in [2.24, 2.45) is 0 Å². The van der Waals surface area contributed by atoms with Crippen LogP contribution in [0.1, 0.15) is 12.7 Å². The normalized spacial score (nSPS) is 10.8. The van der Waals surface area contributed by atoms with Crippen LogP contribution in [0.15, 0.2) is 22.7 Å². The summed E-state index contributed by atoms with van der Waals surface area (Å²) in [5.74, 6) is 1.70. The van der Waals surface area contributed by atoms with Gasteiger partial charge in [-0.15, -0.1) is 0 Å². The summed E-state index contributed by atoms with van der Waals surface area (Å²) in [4.78, 5) is 4.04. The van der Waals surface area contributed by atoms with Crippen LogP contribution in [0.25, 0.3) is 11.5 Å². The molecule has 0 radical (unpaired) electrons. The fraction of sp³-hybridized carbons (Fsp3) is 0.300. The van der Waals surface area contributed by atoms with Gasteiger partial charge < -0.3 is 8.98 Å². The third kappa shape index (κ3) is 1.44. The number of aryl methyl sites for hydroxylation is 1. The van der Waals surface area contributed by atoms with Gasteiger partial charge in [-0.2, -0.15) is 0 Å². The van der Waals surface area contributed by atoms with Gasteiger partial charge >= 0.3 is 0 Å². The molecule has 14 heavy (non-hydrogen) atoms. The van der Waals surface area contributed by atoms with E-state index in [1.165, 1.54) is 0 Å². The molecule has 3 nitrogen and oxygen atoms in total. The quantitative estimate of drug-likeness (QED) is 0.763. The average Bonchev–Trinajstić information content (AvgIpc) is 2.71. The van der Waals surface area contributed by atoms with E-state index in [1.54, 1.807) is 6.20 Å². The molecule has 0 bridgehead atoms. The van der Waals surface area contributed by atoms with Crippen LogP contribution in [0.4, 0.5) is 0 Å². The number of hydrogen-bond donors (Lipinski definition) is 0. The summed E-state index contributed by atoms with van der Waals surface area (Å²) in [7, 11) is 0. The average molecular weight is 211 g/mol. The first-order chi connectivity index (χ1) is 6.72. The Bertz CT molecular complexity index is 445. The Kier molecular flexibility index (Phi) is 2.33. The van der Waals surface area contributed by atoms with Gasteiger partial charge in [-0.05, 0) is 37.6 Å². The van der Waals surface area contributed by atoms with Crippen LogP contribution in [0.3, 0.4) is 0 Å². The van der Waals surface area contributed by atoms with Crippen molar-refractivity contribution in [3.63, 3.8) is 0 Å². The molecular weight excluding hydrogens is 200 g/mol. The minimum Gasteiger partial charge on any atom is -0.460 e. The van der Waals surface area contributed by atoms with Gasteiger partial charge in [0, 0.05) is 6.54 Å². The monoisotopic (exact) mass is 210 g/mol. The molecule has 0 fully saturated rings. The van der Waals surface area contributed by atoms with E-state index >= 15 is 0 Å². The molecule has 2 heterocycles. The Hall–Kier alpha value is -1.22. The highest BCUT2D eigenvalue weighted by atomic mass is 35.5. The molecule has 2 aromatic rings. The van der Waals surface area contributed by atoms with E-state index in [4.69, 9.17) is 16.0 Å². The zero-order chi connectivity index (χ0) is 10.1. The summed E-state index contributed by atoms with van der Waals surface area (Å²) in [6.07, 6.45) is 1.73. The Labute approximate surface area is 87.3 Å². The molecular formula is C10H11ClN2O. The van der Waals surface area contributed by atoms with E-state index < -0.39 is 0 Å². The number of aromatic nitrogens is 2. The van der Waals surface area contributed by atoms with Crippen molar-refractivity contribution in [1.82, 2.24) is 9.55 Å². The van der Waals surface area contributed by atoms with Gasteiger partial charge in [0.15, 0.2) is 5.76 Å². The maximum Gasteiger partial charge on any atom is 0.203 e. The SMILES string of the molecule is CCn1c(-c2ccc(C)o2)cnc1Cl. The molecule has 0 unspecified atom stereocenters. The highest BCUT2D eigenvalue weighted by Gasteiger charge is 2.11. The zero-order valence-electron chi connectivity index (χ0n) is 8.12. The number of rotatable bonds is 2. The topological polar surface area (TPSA) is 31.0 Å². The van der Waals surface area contributed by atoms with Crippen LogP contribution in [0.5, 0.6) is 0 Å². The van der Waals surface area contributed by atoms with E-state index in [0.29, 0.717) is 5.28 Å². The van der Waals surface area contributed by atoms with Crippen molar-refractivity contribution >= 4 is 11.6 Å². The smallest absolute Gasteiger partial charge is 0.203 e. The fourth-order valence-corrected chi connectivity index (χ4v) is 1.68. The van der Waals surface area contributed by atoms with Crippen LogP contribution in [0.2, 0.25) is 5.28 Å². The molecule has 0 atom stereocenters. The summed E-state index contributed by atoms with van der Waals surface area (Å²) >= 11 is 5.91. The minimum atomic E-state index is 0.497. The van der Waals surface area contributed by atoms with Gasteiger partial charge in [-0.25, -0.2) is 4.98 Å². The lowest BCUT2D eigenvalue weighted by Crippen LogP contribution is -1.95. The number of imidazole rings is 1. The number of nitrogens with zero attached hydrogens (tertiary/aromatic N) is 2. The highest BCUT2D eigenvalue weighted by Crippen LogP contribution is 2.24. The maximum absolute atomic E-state index is 5.91. The summed E-state index contributed by atoms with van der Waals surface area (Å²) in [5, 5.41) is 0.497. The van der Waals surface area contributed by atoms with Gasteiger partial charge in [0.25, 0.3) is 0 Å². The van der Waals surface area contributed by atoms with E-state index in [0.717, 1.165) is 23.8 Å². The maximum atomic E-state index is 5.91. The lowest BCUT2D eigenvalue weighted by Gasteiger charge is -2.02. The molecule has 0 aliphatic rings. The molecule has 0 spiro atoms. The van der Waals surface area contributed by atoms with Crippen molar-refractivity contribution in [1.29, 1.82) is 0 Å². The number of hydrogen-bond acceptors (Lipinski definition) is 2. The van der Waals surface area contributed by atoms with E-state index in [2.05, 4.69) is 4.98 Å². The molecule has 0 amide bonds. The van der Waals surface area contributed by atoms with Gasteiger partial charge in [-0.1, -0.05) is 0 Å². The lowest BCUT2D eigenvalue weighted by molar-refractivity contribution is 0.542. The molecule has 2 rings (SSSR count). The van der Waals surface area contributed by atoms with E-state index in [9.17, 15) is 0 Å². The molecule has 0 N–H and O–H groups in total. The second kappa shape index (κ2) is 3.50. The van der Waals surface area contributed by atoms with Crippen LogP contribution in [-0.4, -0.2) is 9.55 Å². The number of furan rings is 1. The molecule has 2 aromatic heterocycles. The third-order valence-corrected chi connectivity index (χ3v) is 2.42. The van der Waals surface area contributed by atoms with E-state index in [1.807, 2.05) is 30.5 Å². The molecule has 0 saturated heterocycles. The van der Waals surface area contributed by atoms with Crippen molar-refractivity contribution < 1.29 is 4.42 Å². The van der Waals surface area contributed by atoms with E-state index in [-0.39, 0.29) is 0 Å². The molecule has 0 saturated carbocycles. The standard InChI is InChI=1S/C10H11ClN2O/c1-3-13-8(6-12-10(13)11)9-5-4-7(2)14-9/h4-6H,3H2,1-2H3. The first-order valence-electron chi connectivity index (χ1n) is 4.50. The summed E-state index contributed by atoms with van der Waals surface area (Å²) in [5.41, 5.74) is 0.922. The number of halogens is 1. The zero-order valence-corrected chi connectivity index (χ0v) is 8.88. The summed E-state index contributed by atoms with van der Waals surface area (Å²) in [6.45, 7) is 4.72. The van der Waals surface area contributed by atoms with Gasteiger partial charge in [0.2, 0.25) is 5.28 Å². The Morgan fingerprint density at radius 2 is 2.29 bits per heavy atom. The van der Waals surface area contributed by atoms with Crippen LogP contribution in [0, 0.1) is 6.92 Å². The van der Waals surface area contributed by atoms with Crippen molar-refractivity contribution in [3.05, 3.63) is 29.4 Å². The van der Waals surface area contributed by atoms with Gasteiger partial charge in [0.05, 0.1) is 6.20 Å². The van der Waals surface area contributed by atoms with Crippen LogP contribution >= 0.6 is 11.6 Å². The Morgan fingerprint density at radius 1 is 1.50 bits per heavy atom. The van der Waals surface area contributed by atoms with Crippen molar-refractivity contribution in [2.45, 2.75) is 20.4 Å². The molecule has 74 valence electrons. The van der Waals surface area contributed by atoms with Crippen LogP contribution in [-0.2, 0) is 6.54 Å². The molecule has 0 aromatic carbocycles.